The summed E-state index contributed by atoms with van der Waals surface area (Å²) in [6.07, 6.45) is 6.31. The Morgan fingerprint density at radius 1 is 1.24 bits per heavy atom. The summed E-state index contributed by atoms with van der Waals surface area (Å²) in [5, 5.41) is 2.64. The van der Waals surface area contributed by atoms with Gasteiger partial charge in [-0.3, -0.25) is 15.0 Å². The van der Waals surface area contributed by atoms with E-state index in [0.29, 0.717) is 43.4 Å². The van der Waals surface area contributed by atoms with Gasteiger partial charge in [0, 0.05) is 31.3 Å². The third-order valence-corrected chi connectivity index (χ3v) is 7.18. The molecule has 1 fully saturated rings. The van der Waals surface area contributed by atoms with Gasteiger partial charge in [0.1, 0.15) is 0 Å². The van der Waals surface area contributed by atoms with E-state index in [9.17, 15) is 22.4 Å². The number of halogens is 2. The minimum Gasteiger partial charge on any atom is -0.353 e. The Labute approximate surface area is 197 Å². The molecule has 3 N–H and O–H groups in total. The smallest absolute Gasteiger partial charge is 0.269 e. The zero-order chi connectivity index (χ0) is 24.2. The fourth-order valence-corrected chi connectivity index (χ4v) is 5.32. The second-order valence-electron chi connectivity index (χ2n) is 8.22. The number of imidazole rings is 1. The van der Waals surface area contributed by atoms with Crippen molar-refractivity contribution in [3.63, 3.8) is 0 Å². The predicted octanol–water partition coefficient (Wildman–Crippen LogP) is 2.53. The van der Waals surface area contributed by atoms with Crippen molar-refractivity contribution >= 4 is 33.4 Å². The summed E-state index contributed by atoms with van der Waals surface area (Å²) in [6.45, 7) is 1.78. The van der Waals surface area contributed by atoms with Crippen LogP contribution in [0.25, 0.3) is 11.3 Å². The van der Waals surface area contributed by atoms with Gasteiger partial charge in [0.05, 0.1) is 28.4 Å². The van der Waals surface area contributed by atoms with Crippen LogP contribution in [0, 0.1) is 11.7 Å². The summed E-state index contributed by atoms with van der Waals surface area (Å²) in [4.78, 5) is 30.2. The SMILES string of the molecule is CCC(=O)N[C@H]1CC[C@@H](CS(=O)(=O)NNC(=O)c2cc(-c3cn(C)cn3)cc(Cl)c2F)CC1. The third-order valence-electron chi connectivity index (χ3n) is 5.58. The molecule has 1 aromatic heterocycles. The van der Waals surface area contributed by atoms with Crippen molar-refractivity contribution in [1.82, 2.24) is 25.1 Å². The number of benzene rings is 1. The summed E-state index contributed by atoms with van der Waals surface area (Å²) in [5.41, 5.74) is 2.56. The third kappa shape index (κ3) is 6.75. The molecular weight excluding hydrogens is 473 g/mol. The lowest BCUT2D eigenvalue weighted by molar-refractivity contribution is -0.121. The van der Waals surface area contributed by atoms with Crippen LogP contribution in [0.1, 0.15) is 49.4 Å². The quantitative estimate of drug-likeness (QED) is 0.482. The normalized spacial score (nSPS) is 18.7. The topological polar surface area (TPSA) is 122 Å². The van der Waals surface area contributed by atoms with Crippen LogP contribution in [0.5, 0.6) is 0 Å². The molecule has 2 aromatic rings. The largest absolute Gasteiger partial charge is 0.353 e. The molecule has 1 aliphatic rings. The first-order valence-corrected chi connectivity index (χ1v) is 12.7. The molecule has 33 heavy (non-hydrogen) atoms. The highest BCUT2D eigenvalue weighted by molar-refractivity contribution is 7.89. The molecule has 3 rings (SSSR count). The zero-order valence-electron chi connectivity index (χ0n) is 18.4. The fourth-order valence-electron chi connectivity index (χ4n) is 3.81. The molecule has 12 heteroatoms. The number of aromatic nitrogens is 2. The molecule has 180 valence electrons. The second-order valence-corrected chi connectivity index (χ2v) is 10.4. The Hall–Kier alpha value is -2.50. The van der Waals surface area contributed by atoms with Crippen LogP contribution in [0.3, 0.4) is 0 Å². The Morgan fingerprint density at radius 3 is 2.55 bits per heavy atom. The van der Waals surface area contributed by atoms with E-state index in [4.69, 9.17) is 11.6 Å². The summed E-state index contributed by atoms with van der Waals surface area (Å²) in [7, 11) is -2.09. The van der Waals surface area contributed by atoms with Crippen LogP contribution >= 0.6 is 11.6 Å². The number of hydrogen-bond acceptors (Lipinski definition) is 5. The zero-order valence-corrected chi connectivity index (χ0v) is 20.0. The predicted molar refractivity (Wildman–Crippen MR) is 122 cm³/mol. The number of hydrogen-bond donors (Lipinski definition) is 3. The maximum atomic E-state index is 14.5. The minimum atomic E-state index is -3.85. The molecule has 0 aliphatic heterocycles. The molecule has 0 atom stereocenters. The first kappa shape index (κ1) is 25.1. The molecule has 1 saturated carbocycles. The Kier molecular flexibility index (Phi) is 8.09. The van der Waals surface area contributed by atoms with Crippen molar-refractivity contribution in [2.45, 2.75) is 45.1 Å². The number of nitrogens with zero attached hydrogens (tertiary/aromatic N) is 2. The number of carbonyl (C=O) groups is 2. The number of aryl methyl sites for hydroxylation is 1. The number of sulfonamides is 1. The lowest BCUT2D eigenvalue weighted by Gasteiger charge is -2.28. The van der Waals surface area contributed by atoms with Crippen molar-refractivity contribution < 1.29 is 22.4 Å². The molecule has 2 amide bonds. The molecule has 1 aliphatic carbocycles. The van der Waals surface area contributed by atoms with Crippen molar-refractivity contribution in [2.75, 3.05) is 5.75 Å². The Morgan fingerprint density at radius 2 is 1.94 bits per heavy atom. The molecular formula is C21H27ClFN5O4S. The summed E-state index contributed by atoms with van der Waals surface area (Å²) < 4.78 is 41.1. The lowest BCUT2D eigenvalue weighted by atomic mass is 9.87. The number of nitrogens with one attached hydrogen (secondary N) is 3. The van der Waals surface area contributed by atoms with Crippen molar-refractivity contribution in [2.24, 2.45) is 13.0 Å². The van der Waals surface area contributed by atoms with Crippen LogP contribution < -0.4 is 15.6 Å². The summed E-state index contributed by atoms with van der Waals surface area (Å²) in [6, 6.07) is 2.67. The first-order valence-electron chi connectivity index (χ1n) is 10.6. The molecule has 0 unspecified atom stereocenters. The van der Waals surface area contributed by atoms with Gasteiger partial charge >= 0.3 is 0 Å². The van der Waals surface area contributed by atoms with Gasteiger partial charge in [-0.1, -0.05) is 18.5 Å². The van der Waals surface area contributed by atoms with Crippen LogP contribution in [0.4, 0.5) is 4.39 Å². The van der Waals surface area contributed by atoms with Gasteiger partial charge in [0.15, 0.2) is 5.82 Å². The van der Waals surface area contributed by atoms with Gasteiger partial charge in [0.25, 0.3) is 5.91 Å². The van der Waals surface area contributed by atoms with Gasteiger partial charge in [-0.15, -0.1) is 4.83 Å². The monoisotopic (exact) mass is 499 g/mol. The fraction of sp³-hybridized carbons (Fsp3) is 0.476. The maximum absolute atomic E-state index is 14.5. The molecule has 0 radical (unpaired) electrons. The number of carbonyl (C=O) groups excluding carboxylic acids is 2. The Balaban J connectivity index is 1.59. The molecule has 9 nitrogen and oxygen atoms in total. The second kappa shape index (κ2) is 10.6. The van der Waals surface area contributed by atoms with Gasteiger partial charge < -0.3 is 9.88 Å². The number of hydrazine groups is 1. The van der Waals surface area contributed by atoms with Crippen molar-refractivity contribution in [3.05, 3.63) is 41.1 Å². The van der Waals surface area contributed by atoms with Crippen molar-refractivity contribution in [3.8, 4) is 11.3 Å². The first-order chi connectivity index (χ1) is 15.6. The number of amides is 2. The standard InChI is InChI=1S/C21H27ClFN5O4S/c1-3-19(29)25-15-6-4-13(5-7-15)11-33(31,32)27-26-21(30)16-8-14(9-17(22)20(16)23)18-10-28(2)12-24-18/h8-10,12-13,15,27H,3-7,11H2,1-2H3,(H,25,29)(H,26,30)/t13-,15+. The van der Waals surface area contributed by atoms with E-state index in [1.54, 1.807) is 31.1 Å². The summed E-state index contributed by atoms with van der Waals surface area (Å²) in [5.74, 6) is -2.23. The van der Waals surface area contributed by atoms with Crippen molar-refractivity contribution in [1.29, 1.82) is 0 Å². The van der Waals surface area contributed by atoms with E-state index in [-0.39, 0.29) is 28.6 Å². The molecule has 0 bridgehead atoms. The van der Waals surface area contributed by atoms with Crippen LogP contribution in [0.15, 0.2) is 24.7 Å². The minimum absolute atomic E-state index is 0.0186. The van der Waals surface area contributed by atoms with E-state index in [1.807, 2.05) is 4.83 Å². The van der Waals surface area contributed by atoms with Gasteiger partial charge in [0.2, 0.25) is 15.9 Å². The average molecular weight is 500 g/mol. The highest BCUT2D eigenvalue weighted by Gasteiger charge is 2.27. The van der Waals surface area contributed by atoms with Gasteiger partial charge in [-0.05, 0) is 43.7 Å². The van der Waals surface area contributed by atoms with E-state index >= 15 is 0 Å². The maximum Gasteiger partial charge on any atom is 0.269 e. The average Bonchev–Trinajstić information content (AvgIpc) is 3.21. The molecule has 0 saturated heterocycles. The van der Waals surface area contributed by atoms with Crippen LogP contribution in [0.2, 0.25) is 5.02 Å². The highest BCUT2D eigenvalue weighted by Crippen LogP contribution is 2.27. The molecule has 0 spiro atoms. The van der Waals surface area contributed by atoms with Crippen LogP contribution in [-0.4, -0.2) is 41.6 Å². The van der Waals surface area contributed by atoms with Gasteiger partial charge in [-0.25, -0.2) is 17.8 Å². The van der Waals surface area contributed by atoms with Gasteiger partial charge in [-0.2, -0.15) is 0 Å². The highest BCUT2D eigenvalue weighted by atomic mass is 35.5. The van der Waals surface area contributed by atoms with E-state index < -0.39 is 27.3 Å². The van der Waals surface area contributed by atoms with Crippen LogP contribution in [-0.2, 0) is 21.9 Å². The van der Waals surface area contributed by atoms with E-state index in [1.165, 1.54) is 12.1 Å². The molecule has 1 aromatic carbocycles. The lowest BCUT2D eigenvalue weighted by Crippen LogP contribution is -2.45. The summed E-state index contributed by atoms with van der Waals surface area (Å²) >= 11 is 5.94. The van der Waals surface area contributed by atoms with E-state index in [0.717, 1.165) is 0 Å². The number of rotatable bonds is 8. The van der Waals surface area contributed by atoms with E-state index in [2.05, 4.69) is 15.7 Å². The molecule has 1 heterocycles. The Bertz CT molecular complexity index is 1130.